The van der Waals surface area contributed by atoms with Crippen LogP contribution in [0.15, 0.2) is 111 Å². The number of hydrogen-bond acceptors (Lipinski definition) is 4. The maximum absolute atomic E-state index is 13.2. The number of fused-ring (bicyclic) bond motifs is 1. The fraction of sp³-hybridized carbons (Fsp3) is 0.0690. The van der Waals surface area contributed by atoms with E-state index in [-0.39, 0.29) is 28.0 Å². The van der Waals surface area contributed by atoms with Gasteiger partial charge in [-0.1, -0.05) is 54.6 Å². The van der Waals surface area contributed by atoms with Gasteiger partial charge in [0.25, 0.3) is 11.5 Å². The maximum Gasteiger partial charge on any atom is 0.259 e. The number of rotatable bonds is 5. The number of para-hydroxylation sites is 1. The van der Waals surface area contributed by atoms with Gasteiger partial charge in [-0.3, -0.25) is 14.4 Å². The Labute approximate surface area is 201 Å². The molecule has 0 saturated carbocycles. The van der Waals surface area contributed by atoms with E-state index in [1.807, 2.05) is 48.5 Å². The number of anilines is 1. The fourth-order valence-electron chi connectivity index (χ4n) is 4.03. The van der Waals surface area contributed by atoms with Crippen LogP contribution in [0.1, 0.15) is 21.5 Å². The van der Waals surface area contributed by atoms with Gasteiger partial charge in [-0.05, 0) is 42.8 Å². The molecule has 0 aliphatic rings. The van der Waals surface area contributed by atoms with Crippen LogP contribution in [0.25, 0.3) is 22.3 Å². The first-order valence-electron chi connectivity index (χ1n) is 11.2. The number of pyridine rings is 1. The molecule has 0 atom stereocenters. The summed E-state index contributed by atoms with van der Waals surface area (Å²) in [6.45, 7) is 2.16. The van der Waals surface area contributed by atoms with E-state index in [1.165, 1.54) is 6.07 Å². The minimum absolute atomic E-state index is 0.0764. The lowest BCUT2D eigenvalue weighted by molar-refractivity contribution is 0.102. The van der Waals surface area contributed by atoms with Gasteiger partial charge < -0.3 is 14.3 Å². The van der Waals surface area contributed by atoms with Gasteiger partial charge in [0.15, 0.2) is 11.0 Å². The van der Waals surface area contributed by atoms with Crippen LogP contribution in [0.5, 0.6) is 0 Å². The van der Waals surface area contributed by atoms with Crippen LogP contribution in [-0.4, -0.2) is 10.5 Å². The number of benzene rings is 3. The first kappa shape index (κ1) is 22.1. The molecular formula is C29H22N2O4. The Morgan fingerprint density at radius 3 is 2.34 bits per heavy atom. The molecule has 5 rings (SSSR count). The van der Waals surface area contributed by atoms with Crippen LogP contribution in [0.2, 0.25) is 0 Å². The predicted molar refractivity (Wildman–Crippen MR) is 137 cm³/mol. The van der Waals surface area contributed by atoms with Crippen molar-refractivity contribution in [2.45, 2.75) is 13.5 Å². The molecule has 1 amide bonds. The number of nitrogens with one attached hydrogen (secondary N) is 1. The molecule has 6 heteroatoms. The van der Waals surface area contributed by atoms with E-state index in [1.54, 1.807) is 54.1 Å². The zero-order chi connectivity index (χ0) is 24.4. The summed E-state index contributed by atoms with van der Waals surface area (Å²) in [7, 11) is 0. The van der Waals surface area contributed by atoms with Gasteiger partial charge in [0.05, 0.1) is 17.5 Å². The molecule has 0 radical (unpaired) electrons. The van der Waals surface area contributed by atoms with Crippen LogP contribution in [0.4, 0.5) is 5.69 Å². The molecule has 1 N–H and O–H groups in total. The van der Waals surface area contributed by atoms with Gasteiger partial charge in [0.1, 0.15) is 5.76 Å². The Kier molecular flexibility index (Phi) is 5.85. The zero-order valence-electron chi connectivity index (χ0n) is 19.0. The summed E-state index contributed by atoms with van der Waals surface area (Å²) < 4.78 is 7.76. The van der Waals surface area contributed by atoms with Gasteiger partial charge in [-0.25, -0.2) is 0 Å². The molecule has 0 spiro atoms. The minimum atomic E-state index is -0.381. The lowest BCUT2D eigenvalue weighted by Crippen LogP contribution is -2.18. The minimum Gasteiger partial charge on any atom is -0.455 e. The smallest absolute Gasteiger partial charge is 0.259 e. The summed E-state index contributed by atoms with van der Waals surface area (Å²) >= 11 is 0. The lowest BCUT2D eigenvalue weighted by Gasteiger charge is -2.11. The molecule has 0 unspecified atom stereocenters. The van der Waals surface area contributed by atoms with E-state index in [0.29, 0.717) is 28.9 Å². The van der Waals surface area contributed by atoms with Crippen molar-refractivity contribution in [3.05, 3.63) is 134 Å². The van der Waals surface area contributed by atoms with Crippen molar-refractivity contribution >= 4 is 22.6 Å². The number of amides is 1. The highest BCUT2D eigenvalue weighted by Crippen LogP contribution is 2.27. The van der Waals surface area contributed by atoms with E-state index >= 15 is 0 Å². The molecule has 0 fully saturated rings. The summed E-state index contributed by atoms with van der Waals surface area (Å²) in [5.74, 6) is 0.0671. The summed E-state index contributed by atoms with van der Waals surface area (Å²) in [5.41, 5.74) is 3.06. The molecule has 0 saturated heterocycles. The third-order valence-electron chi connectivity index (χ3n) is 5.89. The van der Waals surface area contributed by atoms with Crippen molar-refractivity contribution in [2.75, 3.05) is 5.32 Å². The second-order valence-electron chi connectivity index (χ2n) is 8.25. The molecule has 5 aromatic rings. The van der Waals surface area contributed by atoms with Crippen LogP contribution in [0, 0.1) is 6.92 Å². The predicted octanol–water partition coefficient (Wildman–Crippen LogP) is 5.23. The second kappa shape index (κ2) is 9.27. The maximum atomic E-state index is 13.2. The molecule has 0 aliphatic carbocycles. The van der Waals surface area contributed by atoms with Crippen molar-refractivity contribution in [3.63, 3.8) is 0 Å². The molecule has 3 aromatic carbocycles. The van der Waals surface area contributed by atoms with Crippen molar-refractivity contribution in [2.24, 2.45) is 0 Å². The SMILES string of the molecule is Cc1c(-c2ccccc2)oc2c(C(=O)Nc3ccc(Cn4ccccc4=O)cc3)cccc2c1=O. The van der Waals surface area contributed by atoms with Crippen molar-refractivity contribution in [3.8, 4) is 11.3 Å². The number of aromatic nitrogens is 1. The molecule has 6 nitrogen and oxygen atoms in total. The average molecular weight is 463 g/mol. The first-order chi connectivity index (χ1) is 17.0. The van der Waals surface area contributed by atoms with E-state index in [4.69, 9.17) is 4.42 Å². The van der Waals surface area contributed by atoms with Crippen molar-refractivity contribution in [1.82, 2.24) is 4.57 Å². The monoisotopic (exact) mass is 462 g/mol. The Balaban J connectivity index is 1.45. The highest BCUT2D eigenvalue weighted by atomic mass is 16.3. The second-order valence-corrected chi connectivity index (χ2v) is 8.25. The lowest BCUT2D eigenvalue weighted by atomic mass is 10.0. The van der Waals surface area contributed by atoms with Crippen LogP contribution >= 0.6 is 0 Å². The Hall–Kier alpha value is -4.71. The highest BCUT2D eigenvalue weighted by molar-refractivity contribution is 6.11. The van der Waals surface area contributed by atoms with E-state index < -0.39 is 0 Å². The third-order valence-corrected chi connectivity index (χ3v) is 5.89. The number of carbonyl (C=O) groups excluding carboxylic acids is 1. The Bertz CT molecular complexity index is 1650. The molecule has 172 valence electrons. The topological polar surface area (TPSA) is 81.3 Å². The van der Waals surface area contributed by atoms with Gasteiger partial charge >= 0.3 is 0 Å². The summed E-state index contributed by atoms with van der Waals surface area (Å²) in [6.07, 6.45) is 1.73. The quantitative estimate of drug-likeness (QED) is 0.388. The molecular weight excluding hydrogens is 440 g/mol. The summed E-state index contributed by atoms with van der Waals surface area (Å²) in [6, 6.07) is 26.6. The average Bonchev–Trinajstić information content (AvgIpc) is 2.89. The summed E-state index contributed by atoms with van der Waals surface area (Å²) in [4.78, 5) is 38.2. The fourth-order valence-corrected chi connectivity index (χ4v) is 4.03. The van der Waals surface area contributed by atoms with Gasteiger partial charge in [-0.15, -0.1) is 0 Å². The molecule has 0 aliphatic heterocycles. The van der Waals surface area contributed by atoms with E-state index in [0.717, 1.165) is 11.1 Å². The van der Waals surface area contributed by atoms with Crippen molar-refractivity contribution in [1.29, 1.82) is 0 Å². The largest absolute Gasteiger partial charge is 0.455 e. The van der Waals surface area contributed by atoms with E-state index in [9.17, 15) is 14.4 Å². The van der Waals surface area contributed by atoms with Crippen molar-refractivity contribution < 1.29 is 9.21 Å². The summed E-state index contributed by atoms with van der Waals surface area (Å²) in [5, 5.41) is 3.24. The van der Waals surface area contributed by atoms with Gasteiger partial charge in [0.2, 0.25) is 0 Å². The molecule has 35 heavy (non-hydrogen) atoms. The standard InChI is InChI=1S/C29H22N2O4/c1-19-26(33)23-10-7-11-24(28(23)35-27(19)21-8-3-2-4-9-21)29(34)30-22-15-13-20(14-16-22)18-31-17-6-5-12-25(31)32/h2-17H,18H2,1H3,(H,30,34). The van der Waals surface area contributed by atoms with Crippen LogP contribution in [0.3, 0.4) is 0 Å². The van der Waals surface area contributed by atoms with Crippen LogP contribution in [-0.2, 0) is 6.54 Å². The molecule has 2 heterocycles. The number of nitrogens with zero attached hydrogens (tertiary/aromatic N) is 1. The van der Waals surface area contributed by atoms with Crippen LogP contribution < -0.4 is 16.3 Å². The number of hydrogen-bond donors (Lipinski definition) is 1. The first-order valence-corrected chi connectivity index (χ1v) is 11.2. The highest BCUT2D eigenvalue weighted by Gasteiger charge is 2.18. The zero-order valence-corrected chi connectivity index (χ0v) is 19.0. The van der Waals surface area contributed by atoms with Gasteiger partial charge in [0, 0.05) is 29.1 Å². The van der Waals surface area contributed by atoms with E-state index in [2.05, 4.69) is 5.32 Å². The number of carbonyl (C=O) groups is 1. The Morgan fingerprint density at radius 1 is 0.857 bits per heavy atom. The Morgan fingerprint density at radius 2 is 1.60 bits per heavy atom. The molecule has 2 aromatic heterocycles. The normalized spacial score (nSPS) is 10.9. The van der Waals surface area contributed by atoms with Gasteiger partial charge in [-0.2, -0.15) is 0 Å². The third kappa shape index (κ3) is 4.42. The molecule has 0 bridgehead atoms.